The van der Waals surface area contributed by atoms with Crippen LogP contribution in [0.5, 0.6) is 5.75 Å². The molecular formula is C10H12N2O. The monoisotopic (exact) mass is 176 g/mol. The summed E-state index contributed by atoms with van der Waals surface area (Å²) in [6.07, 6.45) is 0. The summed E-state index contributed by atoms with van der Waals surface area (Å²) in [6.45, 7) is 0. The van der Waals surface area contributed by atoms with Gasteiger partial charge < -0.3 is 5.11 Å². The molecule has 0 heterocycles. The van der Waals surface area contributed by atoms with Crippen molar-refractivity contribution >= 4 is 10.8 Å². The van der Waals surface area contributed by atoms with Crippen molar-refractivity contribution in [1.29, 1.82) is 0 Å². The first-order chi connectivity index (χ1) is 6.38. The molecular weight excluding hydrogens is 164 g/mol. The molecule has 0 saturated heterocycles. The first kappa shape index (κ1) is 9.51. The maximum absolute atomic E-state index is 9.37. The molecule has 0 aliphatic rings. The van der Waals surface area contributed by atoms with E-state index in [1.54, 1.807) is 6.07 Å². The number of phenols is 1. The Morgan fingerprint density at radius 2 is 1.46 bits per heavy atom. The van der Waals surface area contributed by atoms with Crippen LogP contribution in [0.3, 0.4) is 0 Å². The van der Waals surface area contributed by atoms with E-state index >= 15 is 0 Å². The topological polar surface area (TPSA) is 72.3 Å². The summed E-state index contributed by atoms with van der Waals surface area (Å²) in [6, 6.07) is 13.3. The molecule has 3 heteroatoms. The molecule has 2 rings (SSSR count). The van der Waals surface area contributed by atoms with E-state index in [4.69, 9.17) is 0 Å². The molecule has 0 aromatic heterocycles. The molecule has 0 amide bonds. The molecule has 0 bridgehead atoms. The second-order valence-corrected chi connectivity index (χ2v) is 2.50. The Labute approximate surface area is 76.6 Å². The van der Waals surface area contributed by atoms with Gasteiger partial charge in [-0.2, -0.15) is 0 Å². The number of rotatable bonds is 0. The van der Waals surface area contributed by atoms with Crippen LogP contribution in [0.4, 0.5) is 0 Å². The van der Waals surface area contributed by atoms with Gasteiger partial charge in [0.1, 0.15) is 5.75 Å². The van der Waals surface area contributed by atoms with Gasteiger partial charge in [0, 0.05) is 5.39 Å². The van der Waals surface area contributed by atoms with Crippen molar-refractivity contribution in [1.82, 2.24) is 0 Å². The zero-order valence-corrected chi connectivity index (χ0v) is 7.14. The maximum Gasteiger partial charge on any atom is 0.123 e. The van der Waals surface area contributed by atoms with Gasteiger partial charge in [0.2, 0.25) is 0 Å². The Balaban J connectivity index is 0.000000396. The summed E-state index contributed by atoms with van der Waals surface area (Å²) in [5, 5.41) is 11.4. The van der Waals surface area contributed by atoms with Gasteiger partial charge in [0.05, 0.1) is 0 Å². The summed E-state index contributed by atoms with van der Waals surface area (Å²) in [4.78, 5) is 0. The highest BCUT2D eigenvalue weighted by molar-refractivity contribution is 5.87. The van der Waals surface area contributed by atoms with Gasteiger partial charge in [-0.25, -0.2) is 0 Å². The average molecular weight is 176 g/mol. The molecule has 0 radical (unpaired) electrons. The van der Waals surface area contributed by atoms with E-state index in [1.165, 1.54) is 0 Å². The van der Waals surface area contributed by atoms with E-state index in [0.29, 0.717) is 5.75 Å². The molecule has 2 aromatic carbocycles. The number of hydrogen-bond acceptors (Lipinski definition) is 3. The first-order valence-corrected chi connectivity index (χ1v) is 3.88. The molecule has 68 valence electrons. The van der Waals surface area contributed by atoms with Crippen molar-refractivity contribution < 1.29 is 5.11 Å². The summed E-state index contributed by atoms with van der Waals surface area (Å²) >= 11 is 0. The van der Waals surface area contributed by atoms with E-state index in [-0.39, 0.29) is 0 Å². The third-order valence-electron chi connectivity index (χ3n) is 1.77. The number of nitrogens with two attached hydrogens (primary N) is 2. The van der Waals surface area contributed by atoms with E-state index < -0.39 is 0 Å². The fourth-order valence-electron chi connectivity index (χ4n) is 1.21. The Kier molecular flexibility index (Phi) is 3.25. The fourth-order valence-corrected chi connectivity index (χ4v) is 1.21. The van der Waals surface area contributed by atoms with Crippen molar-refractivity contribution in [2.24, 2.45) is 11.7 Å². The molecule has 0 aliphatic heterocycles. The Morgan fingerprint density at radius 1 is 0.846 bits per heavy atom. The van der Waals surface area contributed by atoms with Crippen molar-refractivity contribution in [2.75, 3.05) is 0 Å². The Bertz CT molecular complexity index is 382. The second-order valence-electron chi connectivity index (χ2n) is 2.50. The predicted molar refractivity (Wildman–Crippen MR) is 54.0 cm³/mol. The summed E-state index contributed by atoms with van der Waals surface area (Å²) in [7, 11) is 0. The van der Waals surface area contributed by atoms with Gasteiger partial charge in [-0.15, -0.1) is 0 Å². The van der Waals surface area contributed by atoms with Crippen LogP contribution >= 0.6 is 0 Å². The smallest absolute Gasteiger partial charge is 0.123 e. The SMILES string of the molecule is NN.Oc1cccc2ccccc12. The largest absolute Gasteiger partial charge is 0.507 e. The van der Waals surface area contributed by atoms with E-state index in [0.717, 1.165) is 10.8 Å². The minimum atomic E-state index is 0.350. The summed E-state index contributed by atoms with van der Waals surface area (Å²) in [5.74, 6) is 8.35. The van der Waals surface area contributed by atoms with Gasteiger partial charge in [-0.3, -0.25) is 11.7 Å². The van der Waals surface area contributed by atoms with Gasteiger partial charge in [-0.1, -0.05) is 36.4 Å². The van der Waals surface area contributed by atoms with Crippen molar-refractivity contribution in [3.8, 4) is 5.75 Å². The lowest BCUT2D eigenvalue weighted by molar-refractivity contribution is 0.481. The molecule has 0 fully saturated rings. The molecule has 0 spiro atoms. The molecule has 0 atom stereocenters. The van der Waals surface area contributed by atoms with Crippen LogP contribution in [0.15, 0.2) is 42.5 Å². The molecule has 0 aliphatic carbocycles. The van der Waals surface area contributed by atoms with Crippen LogP contribution in [0.2, 0.25) is 0 Å². The van der Waals surface area contributed by atoms with E-state index in [1.807, 2.05) is 36.4 Å². The Hall–Kier alpha value is -1.58. The first-order valence-electron chi connectivity index (χ1n) is 3.88. The van der Waals surface area contributed by atoms with Gasteiger partial charge in [0.25, 0.3) is 0 Å². The van der Waals surface area contributed by atoms with Crippen LogP contribution in [-0.2, 0) is 0 Å². The number of hydrazine groups is 1. The third kappa shape index (κ3) is 1.96. The molecule has 5 N–H and O–H groups in total. The second kappa shape index (κ2) is 4.45. The van der Waals surface area contributed by atoms with Gasteiger partial charge in [0.15, 0.2) is 0 Å². The zero-order valence-electron chi connectivity index (χ0n) is 7.14. The number of hydrogen-bond donors (Lipinski definition) is 3. The van der Waals surface area contributed by atoms with E-state index in [9.17, 15) is 5.11 Å². The summed E-state index contributed by atoms with van der Waals surface area (Å²) < 4.78 is 0. The van der Waals surface area contributed by atoms with Crippen molar-refractivity contribution in [3.63, 3.8) is 0 Å². The maximum atomic E-state index is 9.37. The quantitative estimate of drug-likeness (QED) is 0.419. The number of aromatic hydroxyl groups is 1. The highest BCUT2D eigenvalue weighted by Crippen LogP contribution is 2.22. The van der Waals surface area contributed by atoms with Crippen LogP contribution in [0, 0.1) is 0 Å². The number of benzene rings is 2. The minimum absolute atomic E-state index is 0.350. The zero-order chi connectivity index (χ0) is 9.68. The van der Waals surface area contributed by atoms with Crippen LogP contribution in [-0.4, -0.2) is 5.11 Å². The van der Waals surface area contributed by atoms with Crippen molar-refractivity contribution in [3.05, 3.63) is 42.5 Å². The molecule has 2 aromatic rings. The molecule has 13 heavy (non-hydrogen) atoms. The van der Waals surface area contributed by atoms with Gasteiger partial charge in [-0.05, 0) is 11.5 Å². The highest BCUT2D eigenvalue weighted by Gasteiger charge is 1.94. The summed E-state index contributed by atoms with van der Waals surface area (Å²) in [5.41, 5.74) is 0. The number of fused-ring (bicyclic) bond motifs is 1. The lowest BCUT2D eigenvalue weighted by Crippen LogP contribution is -2.02. The van der Waals surface area contributed by atoms with Crippen LogP contribution in [0.25, 0.3) is 10.8 Å². The molecule has 0 unspecified atom stereocenters. The average Bonchev–Trinajstić information content (AvgIpc) is 2.22. The molecule has 0 saturated carbocycles. The minimum Gasteiger partial charge on any atom is -0.507 e. The third-order valence-corrected chi connectivity index (χ3v) is 1.77. The normalized spacial score (nSPS) is 9.08. The fraction of sp³-hybridized carbons (Fsp3) is 0. The molecule has 3 nitrogen and oxygen atoms in total. The Morgan fingerprint density at radius 3 is 2.15 bits per heavy atom. The number of phenolic OH excluding ortho intramolecular Hbond substituents is 1. The van der Waals surface area contributed by atoms with Crippen LogP contribution < -0.4 is 11.7 Å². The highest BCUT2D eigenvalue weighted by atomic mass is 16.3. The lowest BCUT2D eigenvalue weighted by atomic mass is 10.1. The van der Waals surface area contributed by atoms with E-state index in [2.05, 4.69) is 11.7 Å². The predicted octanol–water partition coefficient (Wildman–Crippen LogP) is 1.36. The standard InChI is InChI=1S/C10H8O.H4N2/c11-10-7-3-5-8-4-1-2-6-9(8)10;1-2/h1-7,11H;1-2H2. The van der Waals surface area contributed by atoms with Gasteiger partial charge >= 0.3 is 0 Å². The van der Waals surface area contributed by atoms with Crippen LogP contribution in [0.1, 0.15) is 0 Å². The lowest BCUT2D eigenvalue weighted by Gasteiger charge is -1.97. The van der Waals surface area contributed by atoms with Crippen molar-refractivity contribution in [2.45, 2.75) is 0 Å².